The predicted molar refractivity (Wildman–Crippen MR) is 308 cm³/mol. The average molecular weight is 1130 g/mol. The van der Waals surface area contributed by atoms with E-state index in [-0.39, 0.29) is 56.0 Å². The Morgan fingerprint density at radius 3 is 2.21 bits per heavy atom. The Balaban J connectivity index is 1.40. The van der Waals surface area contributed by atoms with Gasteiger partial charge < -0.3 is 52.8 Å². The van der Waals surface area contributed by atoms with Crippen molar-refractivity contribution in [3.05, 3.63) is 77.9 Å². The van der Waals surface area contributed by atoms with Crippen LogP contribution in [0.5, 0.6) is 0 Å². The van der Waals surface area contributed by atoms with Gasteiger partial charge >= 0.3 is 19.1 Å². The summed E-state index contributed by atoms with van der Waals surface area (Å²) in [7, 11) is 3.89. The minimum absolute atomic E-state index is 0.00472. The number of nitrogens with zero attached hydrogens (tertiary/aromatic N) is 1. The number of aliphatic hydroxyl groups is 2. The lowest BCUT2D eigenvalue weighted by molar-refractivity contribution is -0.265. The summed E-state index contributed by atoms with van der Waals surface area (Å²) in [5, 5.41) is 23.7. The largest absolute Gasteiger partial charge is 0.493 e. The number of hydrogen-bond acceptors (Lipinski definition) is 16. The second-order valence-electron chi connectivity index (χ2n) is 24.1. The molecule has 1 aromatic rings. The van der Waals surface area contributed by atoms with Crippen LogP contribution in [0, 0.1) is 40.9 Å². The van der Waals surface area contributed by atoms with Crippen LogP contribution in [0.25, 0.3) is 0 Å². The lowest BCUT2D eigenvalue weighted by atomic mass is 9.75. The Hall–Kier alpha value is -4.66. The molecule has 0 saturated carbocycles. The molecule has 1 aromatic carbocycles. The lowest BCUT2D eigenvalue weighted by Crippen LogP contribution is -2.61. The van der Waals surface area contributed by atoms with Gasteiger partial charge in [-0.25, -0.2) is 4.79 Å². The van der Waals surface area contributed by atoms with Crippen molar-refractivity contribution in [3.8, 4) is 0 Å². The topological polar surface area (TPSA) is 220 Å². The molecule has 2 bridgehead atoms. The van der Waals surface area contributed by atoms with Gasteiger partial charge in [0.15, 0.2) is 5.78 Å². The van der Waals surface area contributed by atoms with Crippen molar-refractivity contribution in [3.63, 3.8) is 0 Å². The molecule has 3 fully saturated rings. The number of methoxy groups -OCH3 is 3. The van der Waals surface area contributed by atoms with Gasteiger partial charge in [0.2, 0.25) is 5.79 Å². The van der Waals surface area contributed by atoms with E-state index in [1.807, 2.05) is 102 Å². The Labute approximate surface area is 482 Å². The Morgan fingerprint density at radius 2 is 1.56 bits per heavy atom. The van der Waals surface area contributed by atoms with Crippen LogP contribution in [0.1, 0.15) is 140 Å². The van der Waals surface area contributed by atoms with Crippen LogP contribution in [0.2, 0.25) is 0 Å². The van der Waals surface area contributed by atoms with Crippen molar-refractivity contribution in [2.75, 3.05) is 41.1 Å². The van der Waals surface area contributed by atoms with Gasteiger partial charge in [0.1, 0.15) is 41.7 Å². The van der Waals surface area contributed by atoms with Crippen LogP contribution in [0.15, 0.2) is 77.9 Å². The van der Waals surface area contributed by atoms with E-state index in [1.54, 1.807) is 48.0 Å². The van der Waals surface area contributed by atoms with Crippen molar-refractivity contribution in [2.24, 2.45) is 40.9 Å². The molecule has 4 aliphatic heterocycles. The molecule has 4 aliphatic rings. The van der Waals surface area contributed by atoms with Crippen molar-refractivity contribution in [1.29, 1.82) is 0 Å². The Kier molecular flexibility index (Phi) is 25.9. The maximum absolute atomic E-state index is 14.7. The van der Waals surface area contributed by atoms with Crippen LogP contribution in [0.3, 0.4) is 0 Å². The zero-order valence-corrected chi connectivity index (χ0v) is 50.5. The number of benzene rings is 1. The third kappa shape index (κ3) is 18.2. The number of Topliss-reactive ketones (excluding diaryl/α,β-unsaturated/α-hetero) is 3. The number of ketones is 3. The highest BCUT2D eigenvalue weighted by Crippen LogP contribution is 2.37. The number of cyclic esters (lactones) is 1. The van der Waals surface area contributed by atoms with E-state index in [9.17, 15) is 39.0 Å². The second kappa shape index (κ2) is 31.3. The van der Waals surface area contributed by atoms with Gasteiger partial charge in [0.25, 0.3) is 11.7 Å². The standard InChI is InChI=1S/C63H94BNO16/c1-39-22-16-14-17-23-41(3)53(75-12)35-49-29-28-46(8)63(73,81-49)58(69)59(70)65-31-21-20-26-50(65)60(71)79-54(36-51(66)42(4)34-45(7)56(68)57(76-13)55(67)44(6)33-39)43(5)32-40(2)27-30-52(47(9)74-11)80-61(72)62(10)37-77-64(78-38-62)48-24-18-15-19-25-48/h14-19,22-25,34,39-40,42-44,46-47,49-50,52-54,56-57,68,73H,20-21,26-33,35-38H2,1-13H3/b17-14+,22-16+,41-23+,45-34+. The van der Waals surface area contributed by atoms with Gasteiger partial charge in [-0.05, 0) is 120 Å². The van der Waals surface area contributed by atoms with E-state index in [4.69, 9.17) is 37.7 Å². The highest BCUT2D eigenvalue weighted by Gasteiger charge is 2.53. The van der Waals surface area contributed by atoms with Crippen LogP contribution in [-0.4, -0.2) is 153 Å². The fraction of sp³-hybridized carbons (Fsp3) is 0.683. The molecule has 0 radical (unpaired) electrons. The molecule has 1 amide bonds. The Bertz CT molecular complexity index is 2380. The molecule has 5 rings (SSSR count). The highest BCUT2D eigenvalue weighted by atomic mass is 16.6. The minimum atomic E-state index is -2.47. The number of fused-ring (bicyclic) bond motifs is 3. The fourth-order valence-corrected chi connectivity index (χ4v) is 11.5. The molecule has 17 nitrogen and oxygen atoms in total. The van der Waals surface area contributed by atoms with E-state index in [0.717, 1.165) is 11.0 Å². The van der Waals surface area contributed by atoms with E-state index >= 15 is 0 Å². The smallest absolute Gasteiger partial charge is 0.460 e. The van der Waals surface area contributed by atoms with Crippen LogP contribution in [0.4, 0.5) is 0 Å². The number of esters is 2. The van der Waals surface area contributed by atoms with Gasteiger partial charge in [-0.15, -0.1) is 0 Å². The van der Waals surface area contributed by atoms with Crippen molar-refractivity contribution in [1.82, 2.24) is 4.90 Å². The Morgan fingerprint density at radius 1 is 0.864 bits per heavy atom. The van der Waals surface area contributed by atoms with E-state index in [0.29, 0.717) is 63.4 Å². The molecule has 0 spiro atoms. The summed E-state index contributed by atoms with van der Waals surface area (Å²) >= 11 is 0. The molecule has 0 aliphatic carbocycles. The summed E-state index contributed by atoms with van der Waals surface area (Å²) < 4.78 is 47.9. The summed E-state index contributed by atoms with van der Waals surface area (Å²) in [5.74, 6) is -9.02. The molecule has 2 N–H and O–H groups in total. The SMILES string of the molecule is COC1CC2CCC(C)C(O)(O2)C(=O)C(=O)N2CCCCC2C(=O)OC(C(C)CC(C)CCC(OC(=O)C2(C)COB(c3ccccc3)OC2)C(C)OC)CC(=O)C(C)/C=C(\C)C(O)C(OC)C(=O)C(C)CC(C)/C=C/C=C/C=C/1C. The molecule has 15 atom stereocenters. The molecule has 450 valence electrons. The van der Waals surface area contributed by atoms with Gasteiger partial charge in [-0.3, -0.25) is 24.0 Å². The summed E-state index contributed by atoms with van der Waals surface area (Å²) in [6.07, 6.45) is 9.56. The zero-order valence-electron chi connectivity index (χ0n) is 50.5. The van der Waals surface area contributed by atoms with Crippen molar-refractivity contribution >= 4 is 47.8 Å². The van der Waals surface area contributed by atoms with Crippen LogP contribution < -0.4 is 5.46 Å². The summed E-state index contributed by atoms with van der Waals surface area (Å²) in [5.41, 5.74) is 1.01. The highest BCUT2D eigenvalue weighted by molar-refractivity contribution is 6.61. The average Bonchev–Trinajstić information content (AvgIpc) is 3.46. The quantitative estimate of drug-likeness (QED) is 0.0832. The first-order valence-electron chi connectivity index (χ1n) is 29.4. The van der Waals surface area contributed by atoms with E-state index < -0.39 is 114 Å². The number of piperidine rings is 1. The molecule has 3 saturated heterocycles. The zero-order chi connectivity index (χ0) is 59.8. The summed E-state index contributed by atoms with van der Waals surface area (Å²) in [6, 6.07) is 8.30. The molecular weight excluding hydrogens is 1040 g/mol. The lowest BCUT2D eigenvalue weighted by Gasteiger charge is -2.42. The maximum atomic E-state index is 14.7. The fourth-order valence-electron chi connectivity index (χ4n) is 11.5. The predicted octanol–water partition coefficient (Wildman–Crippen LogP) is 7.82. The number of ether oxygens (including phenoxy) is 6. The van der Waals surface area contributed by atoms with E-state index in [2.05, 4.69) is 0 Å². The molecule has 4 heterocycles. The maximum Gasteiger partial charge on any atom is 0.493 e. The number of allylic oxidation sites excluding steroid dienone is 6. The molecule has 81 heavy (non-hydrogen) atoms. The number of carbonyl (C=O) groups excluding carboxylic acids is 6. The molecular formula is C63H94BNO16. The van der Waals surface area contributed by atoms with Crippen molar-refractivity contribution in [2.45, 2.75) is 194 Å². The summed E-state index contributed by atoms with van der Waals surface area (Å²) in [6.45, 7) is 18.4. The first kappa shape index (κ1) is 67.1. The van der Waals surface area contributed by atoms with Crippen molar-refractivity contribution < 1.29 is 76.7 Å². The molecule has 18 heteroatoms. The number of aliphatic hydroxyl groups excluding tert-OH is 1. The normalized spacial score (nSPS) is 33.8. The second-order valence-corrected chi connectivity index (χ2v) is 24.1. The van der Waals surface area contributed by atoms with E-state index in [1.165, 1.54) is 12.0 Å². The molecule has 15 unspecified atom stereocenters. The number of amides is 1. The monoisotopic (exact) mass is 1130 g/mol. The van der Waals surface area contributed by atoms with Gasteiger partial charge in [0.05, 0.1) is 18.3 Å². The number of rotatable bonds is 13. The third-order valence-corrected chi connectivity index (χ3v) is 17.1. The number of hydrogen-bond donors (Lipinski definition) is 2. The molecule has 0 aromatic heterocycles. The van der Waals surface area contributed by atoms with Gasteiger partial charge in [-0.1, -0.05) is 108 Å². The van der Waals surface area contributed by atoms with Crippen LogP contribution >= 0.6 is 0 Å². The first-order chi connectivity index (χ1) is 38.4. The minimum Gasteiger partial charge on any atom is -0.460 e. The third-order valence-electron chi connectivity index (χ3n) is 17.1. The van der Waals surface area contributed by atoms with Crippen LogP contribution in [-0.2, 0) is 66.5 Å². The van der Waals surface area contributed by atoms with Gasteiger partial charge in [-0.2, -0.15) is 0 Å². The summed E-state index contributed by atoms with van der Waals surface area (Å²) in [4.78, 5) is 86.8. The number of carbonyl (C=O) groups is 6. The first-order valence-corrected chi connectivity index (χ1v) is 29.4. The van der Waals surface area contributed by atoms with Gasteiger partial charge in [0, 0.05) is 71.7 Å².